The lowest BCUT2D eigenvalue weighted by atomic mass is 9.87. The molecule has 0 rings (SSSR count). The molecule has 0 saturated heterocycles. The van der Waals surface area contributed by atoms with Crippen molar-refractivity contribution in [3.05, 3.63) is 11.6 Å². The molecule has 0 aromatic rings. The minimum absolute atomic E-state index is 0.248. The predicted octanol–water partition coefficient (Wildman–Crippen LogP) is 5.19. The first-order chi connectivity index (χ1) is 8.40. The summed E-state index contributed by atoms with van der Waals surface area (Å²) in [6.07, 6.45) is 8.05. The summed E-state index contributed by atoms with van der Waals surface area (Å²) < 4.78 is 0. The second-order valence-electron chi connectivity index (χ2n) is 6.28. The quantitative estimate of drug-likeness (QED) is 0.561. The maximum Gasteiger partial charge on any atom is 0.0744 e. The minimum atomic E-state index is -0.248. The van der Waals surface area contributed by atoms with Crippen LogP contribution in [0.5, 0.6) is 0 Å². The summed E-state index contributed by atoms with van der Waals surface area (Å²) in [6.45, 7) is 13.3. The summed E-state index contributed by atoms with van der Waals surface area (Å²) in [5.41, 5.74) is 1.14. The van der Waals surface area contributed by atoms with Crippen molar-refractivity contribution in [1.82, 2.24) is 0 Å². The van der Waals surface area contributed by atoms with Crippen molar-refractivity contribution < 1.29 is 5.11 Å². The van der Waals surface area contributed by atoms with Crippen LogP contribution in [-0.4, -0.2) is 11.2 Å². The smallest absolute Gasteiger partial charge is 0.0744 e. The van der Waals surface area contributed by atoms with Gasteiger partial charge < -0.3 is 5.11 Å². The van der Waals surface area contributed by atoms with Crippen LogP contribution < -0.4 is 0 Å². The van der Waals surface area contributed by atoms with Gasteiger partial charge in [-0.05, 0) is 49.5 Å². The first-order valence-electron chi connectivity index (χ1n) is 7.76. The number of hydrogen-bond acceptors (Lipinski definition) is 1. The molecule has 0 aromatic carbocycles. The third-order valence-corrected chi connectivity index (χ3v) is 3.82. The third kappa shape index (κ3) is 7.92. The van der Waals surface area contributed by atoms with E-state index in [2.05, 4.69) is 40.7 Å². The van der Waals surface area contributed by atoms with Crippen LogP contribution >= 0.6 is 0 Å². The highest BCUT2D eigenvalue weighted by molar-refractivity contribution is 5.05. The Morgan fingerprint density at radius 1 is 1.06 bits per heavy atom. The average molecular weight is 254 g/mol. The summed E-state index contributed by atoms with van der Waals surface area (Å²) in [4.78, 5) is 0. The van der Waals surface area contributed by atoms with Crippen LogP contribution in [0.3, 0.4) is 0 Å². The van der Waals surface area contributed by atoms with E-state index >= 15 is 0 Å². The largest absolute Gasteiger partial charge is 0.389 e. The molecular weight excluding hydrogens is 220 g/mol. The Morgan fingerprint density at radius 3 is 2.17 bits per heavy atom. The average Bonchev–Trinajstić information content (AvgIpc) is 2.27. The molecule has 0 spiro atoms. The Kier molecular flexibility index (Phi) is 9.45. The van der Waals surface area contributed by atoms with Gasteiger partial charge in [0.05, 0.1) is 6.10 Å². The number of allylic oxidation sites excluding steroid dienone is 1. The lowest BCUT2D eigenvalue weighted by Crippen LogP contribution is -2.10. The topological polar surface area (TPSA) is 20.2 Å². The Hall–Kier alpha value is -0.300. The number of rotatable bonds is 9. The van der Waals surface area contributed by atoms with Gasteiger partial charge in [-0.1, -0.05) is 53.5 Å². The maximum atomic E-state index is 9.76. The van der Waals surface area contributed by atoms with E-state index in [1.165, 1.54) is 25.7 Å². The Labute approximate surface area is 115 Å². The van der Waals surface area contributed by atoms with E-state index in [1.54, 1.807) is 0 Å². The van der Waals surface area contributed by atoms with Gasteiger partial charge in [0.25, 0.3) is 0 Å². The van der Waals surface area contributed by atoms with Crippen LogP contribution in [0, 0.1) is 17.8 Å². The fourth-order valence-electron chi connectivity index (χ4n) is 2.98. The molecule has 0 heterocycles. The highest BCUT2D eigenvalue weighted by Crippen LogP contribution is 2.24. The molecule has 0 aliphatic carbocycles. The Bertz CT molecular complexity index is 232. The molecule has 0 radical (unpaired) electrons. The molecule has 0 amide bonds. The van der Waals surface area contributed by atoms with Crippen LogP contribution in [0.4, 0.5) is 0 Å². The van der Waals surface area contributed by atoms with Crippen molar-refractivity contribution in [3.8, 4) is 0 Å². The maximum absolute atomic E-state index is 9.76. The van der Waals surface area contributed by atoms with Crippen LogP contribution in [0.25, 0.3) is 0 Å². The second-order valence-corrected chi connectivity index (χ2v) is 6.28. The van der Waals surface area contributed by atoms with Crippen molar-refractivity contribution in [2.24, 2.45) is 17.8 Å². The summed E-state index contributed by atoms with van der Waals surface area (Å²) in [5.74, 6) is 2.21. The monoisotopic (exact) mass is 254 g/mol. The third-order valence-electron chi connectivity index (χ3n) is 3.82. The van der Waals surface area contributed by atoms with E-state index in [4.69, 9.17) is 0 Å². The first-order valence-corrected chi connectivity index (χ1v) is 7.76. The molecule has 1 heteroatoms. The van der Waals surface area contributed by atoms with Crippen molar-refractivity contribution in [2.75, 3.05) is 0 Å². The Balaban J connectivity index is 4.10. The van der Waals surface area contributed by atoms with Crippen LogP contribution in [0.15, 0.2) is 11.6 Å². The van der Waals surface area contributed by atoms with E-state index in [9.17, 15) is 5.11 Å². The van der Waals surface area contributed by atoms with Gasteiger partial charge >= 0.3 is 0 Å². The lowest BCUT2D eigenvalue weighted by molar-refractivity contribution is 0.205. The SMILES string of the molecule is CCC[C@@H](C)C[C@@H](C)C[C@@H](C)/C=C(\C)[C@@H](O)CC. The standard InChI is InChI=1S/C17H34O/c1-7-9-13(3)10-14(4)11-15(5)12-16(6)17(18)8-2/h12-15,17-18H,7-11H2,1-6H3/b16-12+/t13-,14-,15-,17+/m1/s1. The van der Waals surface area contributed by atoms with Gasteiger partial charge in [-0.25, -0.2) is 0 Å². The number of aliphatic hydroxyl groups is 1. The van der Waals surface area contributed by atoms with Crippen LogP contribution in [-0.2, 0) is 0 Å². The summed E-state index contributed by atoms with van der Waals surface area (Å²) in [5, 5.41) is 9.76. The fourth-order valence-corrected chi connectivity index (χ4v) is 2.98. The molecule has 4 atom stereocenters. The minimum Gasteiger partial charge on any atom is -0.389 e. The second kappa shape index (κ2) is 9.61. The van der Waals surface area contributed by atoms with Gasteiger partial charge in [0.2, 0.25) is 0 Å². The molecule has 0 unspecified atom stereocenters. The van der Waals surface area contributed by atoms with E-state index in [1.807, 2.05) is 6.92 Å². The summed E-state index contributed by atoms with van der Waals surface area (Å²) in [6, 6.07) is 0. The molecular formula is C17H34O. The number of aliphatic hydroxyl groups excluding tert-OH is 1. The van der Waals surface area contributed by atoms with Crippen LogP contribution in [0.2, 0.25) is 0 Å². The highest BCUT2D eigenvalue weighted by atomic mass is 16.3. The molecule has 1 nitrogen and oxygen atoms in total. The molecule has 0 fully saturated rings. The van der Waals surface area contributed by atoms with E-state index in [0.717, 1.165) is 23.8 Å². The van der Waals surface area contributed by atoms with Crippen molar-refractivity contribution in [1.29, 1.82) is 0 Å². The normalized spacial score (nSPS) is 19.4. The van der Waals surface area contributed by atoms with Crippen molar-refractivity contribution in [3.63, 3.8) is 0 Å². The van der Waals surface area contributed by atoms with E-state index in [-0.39, 0.29) is 6.10 Å². The van der Waals surface area contributed by atoms with Gasteiger partial charge in [0.1, 0.15) is 0 Å². The molecule has 108 valence electrons. The van der Waals surface area contributed by atoms with Crippen LogP contribution in [0.1, 0.15) is 73.6 Å². The van der Waals surface area contributed by atoms with Gasteiger partial charge in [-0.3, -0.25) is 0 Å². The zero-order valence-electron chi connectivity index (χ0n) is 13.4. The first kappa shape index (κ1) is 17.7. The van der Waals surface area contributed by atoms with Gasteiger partial charge in [-0.15, -0.1) is 0 Å². The zero-order valence-corrected chi connectivity index (χ0v) is 13.4. The van der Waals surface area contributed by atoms with Crippen molar-refractivity contribution >= 4 is 0 Å². The molecule has 0 saturated carbocycles. The van der Waals surface area contributed by atoms with Gasteiger partial charge in [-0.2, -0.15) is 0 Å². The Morgan fingerprint density at radius 2 is 1.67 bits per heavy atom. The van der Waals surface area contributed by atoms with E-state index in [0.29, 0.717) is 5.92 Å². The molecule has 0 aliphatic heterocycles. The van der Waals surface area contributed by atoms with Crippen molar-refractivity contribution in [2.45, 2.75) is 79.8 Å². The van der Waals surface area contributed by atoms with Gasteiger partial charge in [0, 0.05) is 0 Å². The summed E-state index contributed by atoms with van der Waals surface area (Å²) in [7, 11) is 0. The number of hydrogen-bond donors (Lipinski definition) is 1. The zero-order chi connectivity index (χ0) is 14.1. The fraction of sp³-hybridized carbons (Fsp3) is 0.882. The molecule has 1 N–H and O–H groups in total. The molecule has 0 aliphatic rings. The molecule has 0 aromatic heterocycles. The lowest BCUT2D eigenvalue weighted by Gasteiger charge is -2.20. The predicted molar refractivity (Wildman–Crippen MR) is 81.7 cm³/mol. The summed E-state index contributed by atoms with van der Waals surface area (Å²) >= 11 is 0. The highest BCUT2D eigenvalue weighted by Gasteiger charge is 2.12. The van der Waals surface area contributed by atoms with E-state index < -0.39 is 0 Å². The van der Waals surface area contributed by atoms with Gasteiger partial charge in [0.15, 0.2) is 0 Å². The molecule has 0 bridgehead atoms. The molecule has 18 heavy (non-hydrogen) atoms.